The fourth-order valence-electron chi connectivity index (χ4n) is 2.83. The molecule has 0 bridgehead atoms. The highest BCUT2D eigenvalue weighted by molar-refractivity contribution is 6.29. The van der Waals surface area contributed by atoms with Crippen LogP contribution in [0.2, 0.25) is 5.15 Å². The third kappa shape index (κ3) is 5.78. The number of amides is 1. The van der Waals surface area contributed by atoms with Gasteiger partial charge in [-0.1, -0.05) is 55.8 Å². The lowest BCUT2D eigenvalue weighted by Crippen LogP contribution is -2.37. The van der Waals surface area contributed by atoms with Gasteiger partial charge < -0.3 is 10.1 Å². The van der Waals surface area contributed by atoms with Gasteiger partial charge in [0.1, 0.15) is 17.6 Å². The summed E-state index contributed by atoms with van der Waals surface area (Å²) in [7, 11) is 0. The van der Waals surface area contributed by atoms with Crippen molar-refractivity contribution in [3.8, 4) is 11.3 Å². The average molecular weight is 413 g/mol. The number of rotatable bonds is 6. The van der Waals surface area contributed by atoms with Gasteiger partial charge in [0.2, 0.25) is 0 Å². The predicted molar refractivity (Wildman–Crippen MR) is 112 cm³/mol. The number of hydrogen-bond donors (Lipinski definition) is 1. The smallest absolute Gasteiger partial charge is 0.407 e. The molecule has 0 unspecified atom stereocenters. The molecule has 1 aromatic heterocycles. The van der Waals surface area contributed by atoms with Crippen molar-refractivity contribution in [2.45, 2.75) is 25.9 Å². The van der Waals surface area contributed by atoms with E-state index in [9.17, 15) is 9.18 Å². The second-order valence-corrected chi connectivity index (χ2v) is 7.76. The van der Waals surface area contributed by atoms with Gasteiger partial charge in [-0.2, -0.15) is 0 Å². The highest BCUT2D eigenvalue weighted by Gasteiger charge is 2.23. The van der Waals surface area contributed by atoms with E-state index in [1.54, 1.807) is 18.2 Å². The van der Waals surface area contributed by atoms with Crippen molar-refractivity contribution < 1.29 is 13.9 Å². The molecule has 1 N–H and O–H groups in total. The number of aromatic nitrogens is 1. The third-order valence-corrected chi connectivity index (χ3v) is 4.80. The number of alkyl carbamates (subject to hydrolysis) is 1. The summed E-state index contributed by atoms with van der Waals surface area (Å²) in [6, 6.07) is 19.2. The first kappa shape index (κ1) is 20.8. The Morgan fingerprint density at radius 1 is 1.10 bits per heavy atom. The van der Waals surface area contributed by atoms with Crippen LogP contribution in [0.1, 0.15) is 25.0 Å². The first-order valence-corrected chi connectivity index (χ1v) is 9.60. The Labute approximate surface area is 174 Å². The van der Waals surface area contributed by atoms with Gasteiger partial charge in [-0.15, -0.1) is 0 Å². The molecule has 0 radical (unpaired) electrons. The predicted octanol–water partition coefficient (Wildman–Crippen LogP) is 5.75. The summed E-state index contributed by atoms with van der Waals surface area (Å²) < 4.78 is 18.5. The fourth-order valence-corrected chi connectivity index (χ4v) is 3.03. The van der Waals surface area contributed by atoms with E-state index in [1.807, 2.05) is 50.2 Å². The maximum absolute atomic E-state index is 13.2. The molecule has 0 spiro atoms. The minimum absolute atomic E-state index is 0.211. The number of ether oxygens (including phenoxy) is 1. The maximum atomic E-state index is 13.2. The van der Waals surface area contributed by atoms with Crippen LogP contribution in [0, 0.1) is 5.82 Å². The van der Waals surface area contributed by atoms with Gasteiger partial charge in [-0.05, 0) is 47.5 Å². The second kappa shape index (κ2) is 9.05. The minimum atomic E-state index is -0.485. The van der Waals surface area contributed by atoms with E-state index in [0.29, 0.717) is 17.4 Å². The molecule has 0 saturated carbocycles. The second-order valence-electron chi connectivity index (χ2n) is 7.37. The molecule has 29 heavy (non-hydrogen) atoms. The van der Waals surface area contributed by atoms with Crippen LogP contribution in [-0.2, 0) is 16.8 Å². The molecule has 0 atom stereocenters. The van der Waals surface area contributed by atoms with Crippen LogP contribution in [0.3, 0.4) is 0 Å². The number of carbonyl (C=O) groups excluding carboxylic acids is 1. The van der Waals surface area contributed by atoms with Gasteiger partial charge in [0, 0.05) is 17.5 Å². The van der Waals surface area contributed by atoms with E-state index >= 15 is 0 Å². The molecule has 0 aliphatic rings. The monoisotopic (exact) mass is 412 g/mol. The van der Waals surface area contributed by atoms with Gasteiger partial charge >= 0.3 is 6.09 Å². The normalized spacial score (nSPS) is 11.2. The topological polar surface area (TPSA) is 51.2 Å². The molecule has 0 aliphatic heterocycles. The van der Waals surface area contributed by atoms with Crippen LogP contribution < -0.4 is 5.32 Å². The Morgan fingerprint density at radius 3 is 2.48 bits per heavy atom. The van der Waals surface area contributed by atoms with E-state index in [4.69, 9.17) is 16.3 Å². The molecule has 6 heteroatoms. The summed E-state index contributed by atoms with van der Waals surface area (Å²) in [5, 5.41) is 3.14. The van der Waals surface area contributed by atoms with E-state index in [2.05, 4.69) is 10.3 Å². The van der Waals surface area contributed by atoms with E-state index in [-0.39, 0.29) is 12.4 Å². The summed E-state index contributed by atoms with van der Waals surface area (Å²) in [5.74, 6) is -0.311. The molecule has 0 saturated heterocycles. The van der Waals surface area contributed by atoms with Gasteiger partial charge in [0.15, 0.2) is 0 Å². The van der Waals surface area contributed by atoms with Crippen LogP contribution in [0.15, 0.2) is 66.7 Å². The van der Waals surface area contributed by atoms with E-state index in [1.165, 1.54) is 12.1 Å². The van der Waals surface area contributed by atoms with E-state index < -0.39 is 11.5 Å². The number of pyridine rings is 1. The fraction of sp³-hybridized carbons (Fsp3) is 0.217. The lowest BCUT2D eigenvalue weighted by molar-refractivity contribution is 0.137. The van der Waals surface area contributed by atoms with Gasteiger partial charge in [-0.3, -0.25) is 0 Å². The summed E-state index contributed by atoms with van der Waals surface area (Å²) in [6.45, 7) is 4.54. The number of benzene rings is 2. The molecule has 1 heterocycles. The zero-order chi connectivity index (χ0) is 20.9. The molecule has 4 nitrogen and oxygen atoms in total. The van der Waals surface area contributed by atoms with Crippen LogP contribution in [0.25, 0.3) is 11.3 Å². The largest absolute Gasteiger partial charge is 0.445 e. The Balaban J connectivity index is 1.67. The maximum Gasteiger partial charge on any atom is 0.407 e. The van der Waals surface area contributed by atoms with Crippen molar-refractivity contribution in [2.75, 3.05) is 6.54 Å². The van der Waals surface area contributed by atoms with Gasteiger partial charge in [0.25, 0.3) is 0 Å². The Kier molecular flexibility index (Phi) is 6.49. The molecule has 1 amide bonds. The third-order valence-electron chi connectivity index (χ3n) is 4.60. The van der Waals surface area contributed by atoms with Crippen molar-refractivity contribution in [3.63, 3.8) is 0 Å². The molecular weight excluding hydrogens is 391 g/mol. The Morgan fingerprint density at radius 2 is 1.79 bits per heavy atom. The summed E-state index contributed by atoms with van der Waals surface area (Å²) in [6.07, 6.45) is -0.485. The number of hydrogen-bond acceptors (Lipinski definition) is 3. The van der Waals surface area contributed by atoms with E-state index in [0.717, 1.165) is 16.7 Å². The summed E-state index contributed by atoms with van der Waals surface area (Å²) in [5.41, 5.74) is 2.81. The highest BCUT2D eigenvalue weighted by Crippen LogP contribution is 2.29. The number of halogens is 2. The standard InChI is InChI=1S/C23H22ClFN2O2/c1-23(2,15-26-22(28)29-14-16-6-4-3-5-7-16)18-12-20(27-21(24)13-18)17-8-10-19(25)11-9-17/h3-13H,14-15H2,1-2H3,(H,26,28). The van der Waals surface area contributed by atoms with Crippen LogP contribution >= 0.6 is 11.6 Å². The van der Waals surface area contributed by atoms with Crippen molar-refractivity contribution in [1.29, 1.82) is 0 Å². The number of carbonyl (C=O) groups is 1. The molecule has 0 aliphatic carbocycles. The molecule has 3 aromatic rings. The SMILES string of the molecule is CC(C)(CNC(=O)OCc1ccccc1)c1cc(Cl)nc(-c2ccc(F)cc2)c1. The summed E-state index contributed by atoms with van der Waals surface area (Å²) >= 11 is 6.22. The number of nitrogens with zero attached hydrogens (tertiary/aromatic N) is 1. The highest BCUT2D eigenvalue weighted by atomic mass is 35.5. The Hall–Kier alpha value is -2.92. The van der Waals surface area contributed by atoms with Crippen molar-refractivity contribution in [3.05, 3.63) is 88.8 Å². The first-order valence-electron chi connectivity index (χ1n) is 9.22. The van der Waals surface area contributed by atoms with Crippen LogP contribution in [0.4, 0.5) is 9.18 Å². The van der Waals surface area contributed by atoms with Gasteiger partial charge in [-0.25, -0.2) is 14.2 Å². The van der Waals surface area contributed by atoms with Crippen LogP contribution in [-0.4, -0.2) is 17.6 Å². The lowest BCUT2D eigenvalue weighted by atomic mass is 9.84. The van der Waals surface area contributed by atoms with Crippen molar-refractivity contribution in [2.24, 2.45) is 0 Å². The number of nitrogens with one attached hydrogen (secondary N) is 1. The molecule has 2 aromatic carbocycles. The molecule has 0 fully saturated rings. The molecule has 3 rings (SSSR count). The van der Waals surface area contributed by atoms with Crippen LogP contribution in [0.5, 0.6) is 0 Å². The summed E-state index contributed by atoms with van der Waals surface area (Å²) in [4.78, 5) is 16.4. The quantitative estimate of drug-likeness (QED) is 0.525. The average Bonchev–Trinajstić information content (AvgIpc) is 2.71. The minimum Gasteiger partial charge on any atom is -0.445 e. The first-order chi connectivity index (χ1) is 13.8. The van der Waals surface area contributed by atoms with Gasteiger partial charge in [0.05, 0.1) is 5.69 Å². The van der Waals surface area contributed by atoms with Crippen molar-refractivity contribution in [1.82, 2.24) is 10.3 Å². The molecular formula is C23H22ClFN2O2. The zero-order valence-corrected chi connectivity index (χ0v) is 17.0. The lowest BCUT2D eigenvalue weighted by Gasteiger charge is -2.26. The molecule has 150 valence electrons. The van der Waals surface area contributed by atoms with Crippen molar-refractivity contribution >= 4 is 17.7 Å². The zero-order valence-electron chi connectivity index (χ0n) is 16.3. The Bertz CT molecular complexity index is 976.